The minimum absolute atomic E-state index is 0.315. The maximum atomic E-state index is 10.9. The Kier molecular flexibility index (Phi) is 5.07. The zero-order valence-corrected chi connectivity index (χ0v) is 12.0. The highest BCUT2D eigenvalue weighted by atomic mass is 32.2. The summed E-state index contributed by atoms with van der Waals surface area (Å²) in [6.45, 7) is 2.60. The fourth-order valence-electron chi connectivity index (χ4n) is 1.75. The number of aromatic carboxylic acids is 1. The highest BCUT2D eigenvalue weighted by Crippen LogP contribution is 2.20. The number of ether oxygens (including phenoxy) is 1. The first kappa shape index (κ1) is 14.5. The summed E-state index contributed by atoms with van der Waals surface area (Å²) in [5.74, 6) is 0.771. The van der Waals surface area contributed by atoms with Crippen LogP contribution >= 0.6 is 11.8 Å². The molecule has 104 valence electrons. The van der Waals surface area contributed by atoms with E-state index in [1.165, 1.54) is 0 Å². The van der Waals surface area contributed by atoms with Gasteiger partial charge in [0.1, 0.15) is 5.75 Å². The van der Waals surface area contributed by atoms with E-state index in [-0.39, 0.29) is 0 Å². The lowest BCUT2D eigenvalue weighted by molar-refractivity contribution is 0.0696. The Morgan fingerprint density at radius 2 is 2.00 bits per heavy atom. The second-order valence-electron chi connectivity index (χ2n) is 4.30. The Balaban J connectivity index is 1.83. The molecule has 0 atom stereocenters. The Morgan fingerprint density at radius 1 is 1.20 bits per heavy atom. The van der Waals surface area contributed by atoms with E-state index in [1.807, 2.05) is 37.3 Å². The van der Waals surface area contributed by atoms with Crippen LogP contribution in [0.15, 0.2) is 53.4 Å². The minimum Gasteiger partial charge on any atom is -0.492 e. The van der Waals surface area contributed by atoms with Crippen LogP contribution in [-0.4, -0.2) is 23.4 Å². The second-order valence-corrected chi connectivity index (χ2v) is 5.46. The van der Waals surface area contributed by atoms with Gasteiger partial charge in [-0.2, -0.15) is 0 Å². The van der Waals surface area contributed by atoms with Crippen molar-refractivity contribution in [1.82, 2.24) is 0 Å². The highest BCUT2D eigenvalue weighted by Gasteiger charge is 2.03. The van der Waals surface area contributed by atoms with Gasteiger partial charge in [-0.25, -0.2) is 4.79 Å². The first-order chi connectivity index (χ1) is 9.66. The quantitative estimate of drug-likeness (QED) is 0.647. The summed E-state index contributed by atoms with van der Waals surface area (Å²) >= 11 is 1.59. The van der Waals surface area contributed by atoms with Crippen LogP contribution in [0.2, 0.25) is 0 Å². The van der Waals surface area contributed by atoms with Crippen molar-refractivity contribution < 1.29 is 14.6 Å². The molecule has 1 N–H and O–H groups in total. The Bertz CT molecular complexity index is 596. The molecule has 0 saturated carbocycles. The monoisotopic (exact) mass is 288 g/mol. The molecule has 0 aliphatic rings. The molecule has 0 aliphatic heterocycles. The van der Waals surface area contributed by atoms with Crippen molar-refractivity contribution in [3.05, 3.63) is 59.7 Å². The van der Waals surface area contributed by atoms with E-state index in [1.54, 1.807) is 30.0 Å². The fourth-order valence-corrected chi connectivity index (χ4v) is 2.54. The van der Waals surface area contributed by atoms with Gasteiger partial charge in [0.15, 0.2) is 0 Å². The SMILES string of the molecule is Cc1ccccc1OCCSc1cccc(C(=O)O)c1. The van der Waals surface area contributed by atoms with Crippen LogP contribution in [0.5, 0.6) is 5.75 Å². The van der Waals surface area contributed by atoms with E-state index in [0.29, 0.717) is 12.2 Å². The molecule has 0 radical (unpaired) electrons. The lowest BCUT2D eigenvalue weighted by atomic mass is 10.2. The summed E-state index contributed by atoms with van der Waals surface area (Å²) in [4.78, 5) is 11.8. The zero-order chi connectivity index (χ0) is 14.4. The van der Waals surface area contributed by atoms with Gasteiger partial charge in [-0.05, 0) is 36.8 Å². The van der Waals surface area contributed by atoms with Gasteiger partial charge in [-0.15, -0.1) is 11.8 Å². The third kappa shape index (κ3) is 4.03. The number of thioether (sulfide) groups is 1. The number of carboxylic acid groups (broad SMARTS) is 1. The molecule has 0 saturated heterocycles. The van der Waals surface area contributed by atoms with Crippen LogP contribution in [0.25, 0.3) is 0 Å². The summed E-state index contributed by atoms with van der Waals surface area (Å²) in [5, 5.41) is 8.93. The molecule has 0 bridgehead atoms. The third-order valence-corrected chi connectivity index (χ3v) is 3.74. The largest absolute Gasteiger partial charge is 0.492 e. The van der Waals surface area contributed by atoms with Crippen LogP contribution in [0, 0.1) is 6.92 Å². The predicted molar refractivity (Wildman–Crippen MR) is 80.8 cm³/mol. The molecule has 0 spiro atoms. The maximum absolute atomic E-state index is 10.9. The highest BCUT2D eigenvalue weighted by molar-refractivity contribution is 7.99. The summed E-state index contributed by atoms with van der Waals surface area (Å²) in [6.07, 6.45) is 0. The predicted octanol–water partition coefficient (Wildman–Crippen LogP) is 3.86. The minimum atomic E-state index is -0.899. The van der Waals surface area contributed by atoms with Crippen molar-refractivity contribution in [2.24, 2.45) is 0 Å². The van der Waals surface area contributed by atoms with Crippen molar-refractivity contribution in [3.8, 4) is 5.75 Å². The molecule has 0 amide bonds. The van der Waals surface area contributed by atoms with E-state index in [2.05, 4.69) is 0 Å². The lowest BCUT2D eigenvalue weighted by Gasteiger charge is -2.08. The molecule has 2 aromatic rings. The molecule has 20 heavy (non-hydrogen) atoms. The van der Waals surface area contributed by atoms with Crippen molar-refractivity contribution in [2.75, 3.05) is 12.4 Å². The van der Waals surface area contributed by atoms with Crippen LogP contribution in [0.3, 0.4) is 0 Å². The van der Waals surface area contributed by atoms with Gasteiger partial charge < -0.3 is 9.84 Å². The normalized spacial score (nSPS) is 10.2. The van der Waals surface area contributed by atoms with Crippen molar-refractivity contribution in [2.45, 2.75) is 11.8 Å². The number of carboxylic acids is 1. The van der Waals surface area contributed by atoms with Gasteiger partial charge in [0.25, 0.3) is 0 Å². The maximum Gasteiger partial charge on any atom is 0.335 e. The Labute approximate surface area is 122 Å². The number of benzene rings is 2. The number of rotatable bonds is 6. The molecule has 0 unspecified atom stereocenters. The van der Waals surface area contributed by atoms with Gasteiger partial charge >= 0.3 is 5.97 Å². The van der Waals surface area contributed by atoms with Crippen molar-refractivity contribution >= 4 is 17.7 Å². The fraction of sp³-hybridized carbons (Fsp3) is 0.188. The lowest BCUT2D eigenvalue weighted by Crippen LogP contribution is -2.01. The van der Waals surface area contributed by atoms with Crippen LogP contribution < -0.4 is 4.74 Å². The zero-order valence-electron chi connectivity index (χ0n) is 11.2. The molecular formula is C16H16O3S. The Hall–Kier alpha value is -1.94. The topological polar surface area (TPSA) is 46.5 Å². The smallest absolute Gasteiger partial charge is 0.335 e. The number of hydrogen-bond donors (Lipinski definition) is 1. The van der Waals surface area contributed by atoms with Crippen molar-refractivity contribution in [3.63, 3.8) is 0 Å². The molecule has 0 aromatic heterocycles. The molecule has 2 rings (SSSR count). The number of hydrogen-bond acceptors (Lipinski definition) is 3. The molecule has 3 nitrogen and oxygen atoms in total. The van der Waals surface area contributed by atoms with Crippen LogP contribution in [0.1, 0.15) is 15.9 Å². The van der Waals surface area contributed by atoms with Gasteiger partial charge in [0, 0.05) is 10.6 Å². The average molecular weight is 288 g/mol. The molecule has 0 heterocycles. The van der Waals surface area contributed by atoms with Crippen LogP contribution in [0.4, 0.5) is 0 Å². The van der Waals surface area contributed by atoms with E-state index >= 15 is 0 Å². The van der Waals surface area contributed by atoms with Gasteiger partial charge in [-0.3, -0.25) is 0 Å². The number of para-hydroxylation sites is 1. The first-order valence-corrected chi connectivity index (χ1v) is 7.30. The van der Waals surface area contributed by atoms with Crippen molar-refractivity contribution in [1.29, 1.82) is 0 Å². The summed E-state index contributed by atoms with van der Waals surface area (Å²) in [5.41, 5.74) is 1.43. The van der Waals surface area contributed by atoms with Gasteiger partial charge in [0.2, 0.25) is 0 Å². The number of aryl methyl sites for hydroxylation is 1. The summed E-state index contributed by atoms with van der Waals surface area (Å²) in [7, 11) is 0. The Morgan fingerprint density at radius 3 is 2.75 bits per heavy atom. The first-order valence-electron chi connectivity index (χ1n) is 6.31. The van der Waals surface area contributed by atoms with E-state index < -0.39 is 5.97 Å². The number of carbonyl (C=O) groups is 1. The van der Waals surface area contributed by atoms with E-state index in [9.17, 15) is 4.79 Å². The summed E-state index contributed by atoms with van der Waals surface area (Å²) in [6, 6.07) is 14.8. The molecule has 0 fully saturated rings. The average Bonchev–Trinajstić information content (AvgIpc) is 2.45. The van der Waals surface area contributed by atoms with Gasteiger partial charge in [0.05, 0.1) is 12.2 Å². The summed E-state index contributed by atoms with van der Waals surface area (Å²) < 4.78 is 5.70. The third-order valence-electron chi connectivity index (χ3n) is 2.78. The second kappa shape index (κ2) is 7.01. The molecule has 0 aliphatic carbocycles. The molecular weight excluding hydrogens is 272 g/mol. The van der Waals surface area contributed by atoms with E-state index in [0.717, 1.165) is 22.0 Å². The van der Waals surface area contributed by atoms with Gasteiger partial charge in [-0.1, -0.05) is 24.3 Å². The van der Waals surface area contributed by atoms with E-state index in [4.69, 9.17) is 9.84 Å². The molecule has 4 heteroatoms. The van der Waals surface area contributed by atoms with Crippen LogP contribution in [-0.2, 0) is 0 Å². The standard InChI is InChI=1S/C16H16O3S/c1-12-5-2-3-8-15(12)19-9-10-20-14-7-4-6-13(11-14)16(17)18/h2-8,11H,9-10H2,1H3,(H,17,18). The molecule has 2 aromatic carbocycles.